The van der Waals surface area contributed by atoms with Gasteiger partial charge in [0, 0.05) is 25.6 Å². The predicted molar refractivity (Wildman–Crippen MR) is 107 cm³/mol. The molecule has 2 amide bonds. The van der Waals surface area contributed by atoms with Crippen molar-refractivity contribution < 1.29 is 14.3 Å². The van der Waals surface area contributed by atoms with Gasteiger partial charge in [-0.05, 0) is 49.8 Å². The summed E-state index contributed by atoms with van der Waals surface area (Å²) in [5.74, 6) is 0.656. The first-order valence-electron chi connectivity index (χ1n) is 9.45. The first-order chi connectivity index (χ1) is 12.5. The Morgan fingerprint density at radius 3 is 2.37 bits per heavy atom. The lowest BCUT2D eigenvalue weighted by Crippen LogP contribution is -2.49. The van der Waals surface area contributed by atoms with Gasteiger partial charge in [0.1, 0.15) is 5.75 Å². The van der Waals surface area contributed by atoms with Gasteiger partial charge in [0.25, 0.3) is 0 Å². The number of rotatable bonds is 4. The van der Waals surface area contributed by atoms with Crippen LogP contribution in [0.15, 0.2) is 24.3 Å². The summed E-state index contributed by atoms with van der Waals surface area (Å²) in [6.07, 6.45) is 4.77. The van der Waals surface area contributed by atoms with E-state index < -0.39 is 0 Å². The average molecular weight is 396 g/mol. The number of methoxy groups -OCH3 is 1. The SMILES string of the molecule is COc1ccc(C2C(C(=O)NC3CCC(N)CC3)CCC(=O)N2C)cc1.Cl. The van der Waals surface area contributed by atoms with E-state index in [4.69, 9.17) is 10.5 Å². The molecule has 3 rings (SSSR count). The molecule has 1 aliphatic carbocycles. The minimum Gasteiger partial charge on any atom is -0.497 e. The van der Waals surface area contributed by atoms with Gasteiger partial charge in [-0.3, -0.25) is 9.59 Å². The Morgan fingerprint density at radius 2 is 1.78 bits per heavy atom. The standard InChI is InChI=1S/C20H29N3O3.ClH/c1-23-18(24)12-11-17(19(23)13-3-9-16(26-2)10-4-13)20(25)22-15-7-5-14(21)6-8-15;/h3-4,9-10,14-15,17,19H,5-8,11-12,21H2,1-2H3,(H,22,25);1H. The van der Waals surface area contributed by atoms with Crippen LogP contribution >= 0.6 is 12.4 Å². The molecule has 0 bridgehead atoms. The fraction of sp³-hybridized carbons (Fsp3) is 0.600. The summed E-state index contributed by atoms with van der Waals surface area (Å²) in [5.41, 5.74) is 6.92. The monoisotopic (exact) mass is 395 g/mol. The molecule has 2 fully saturated rings. The van der Waals surface area contributed by atoms with Crippen molar-refractivity contribution in [3.8, 4) is 5.75 Å². The van der Waals surface area contributed by atoms with Crippen LogP contribution in [0, 0.1) is 5.92 Å². The number of nitrogens with two attached hydrogens (primary N) is 1. The van der Waals surface area contributed by atoms with Crippen molar-refractivity contribution in [1.82, 2.24) is 10.2 Å². The highest BCUT2D eigenvalue weighted by atomic mass is 35.5. The highest BCUT2D eigenvalue weighted by Crippen LogP contribution is 2.36. The van der Waals surface area contributed by atoms with E-state index in [0.717, 1.165) is 37.0 Å². The molecule has 2 aliphatic rings. The third-order valence-corrected chi connectivity index (χ3v) is 5.77. The molecular formula is C20H30ClN3O3. The Morgan fingerprint density at radius 1 is 1.15 bits per heavy atom. The predicted octanol–water partition coefficient (Wildman–Crippen LogP) is 2.41. The van der Waals surface area contributed by atoms with Crippen LogP contribution in [-0.2, 0) is 9.59 Å². The number of hydrogen-bond acceptors (Lipinski definition) is 4. The minimum absolute atomic E-state index is 0. The normalized spacial score (nSPS) is 28.3. The number of ether oxygens (including phenoxy) is 1. The van der Waals surface area contributed by atoms with E-state index in [9.17, 15) is 9.59 Å². The maximum Gasteiger partial charge on any atom is 0.225 e. The molecule has 150 valence electrons. The zero-order valence-corrected chi connectivity index (χ0v) is 16.8. The van der Waals surface area contributed by atoms with Crippen molar-refractivity contribution in [1.29, 1.82) is 0 Å². The number of carbonyl (C=O) groups is 2. The summed E-state index contributed by atoms with van der Waals surface area (Å²) in [6.45, 7) is 0. The molecule has 27 heavy (non-hydrogen) atoms. The number of hydrogen-bond donors (Lipinski definition) is 2. The van der Waals surface area contributed by atoms with E-state index in [1.807, 2.05) is 24.3 Å². The number of halogens is 1. The summed E-state index contributed by atoms with van der Waals surface area (Å²) in [4.78, 5) is 27.0. The van der Waals surface area contributed by atoms with Gasteiger partial charge >= 0.3 is 0 Å². The number of amides is 2. The second kappa shape index (κ2) is 9.42. The molecule has 0 radical (unpaired) electrons. The van der Waals surface area contributed by atoms with Gasteiger partial charge in [-0.15, -0.1) is 12.4 Å². The number of carbonyl (C=O) groups excluding carboxylic acids is 2. The first-order valence-corrected chi connectivity index (χ1v) is 9.45. The second-order valence-electron chi connectivity index (χ2n) is 7.49. The van der Waals surface area contributed by atoms with Crippen molar-refractivity contribution in [3.05, 3.63) is 29.8 Å². The van der Waals surface area contributed by atoms with E-state index >= 15 is 0 Å². The average Bonchev–Trinajstić information content (AvgIpc) is 2.65. The van der Waals surface area contributed by atoms with E-state index in [1.165, 1.54) is 0 Å². The van der Waals surface area contributed by atoms with Gasteiger partial charge < -0.3 is 20.7 Å². The van der Waals surface area contributed by atoms with Crippen molar-refractivity contribution in [2.75, 3.05) is 14.2 Å². The van der Waals surface area contributed by atoms with Crippen molar-refractivity contribution in [3.63, 3.8) is 0 Å². The van der Waals surface area contributed by atoms with Gasteiger partial charge in [-0.1, -0.05) is 12.1 Å². The number of benzene rings is 1. The number of nitrogens with zero attached hydrogens (tertiary/aromatic N) is 1. The molecule has 0 spiro atoms. The highest BCUT2D eigenvalue weighted by Gasteiger charge is 2.39. The number of likely N-dealkylation sites (tertiary alicyclic amines) is 1. The molecule has 3 N–H and O–H groups in total. The zero-order chi connectivity index (χ0) is 18.7. The summed E-state index contributed by atoms with van der Waals surface area (Å²) >= 11 is 0. The van der Waals surface area contributed by atoms with Gasteiger partial charge in [0.15, 0.2) is 0 Å². The van der Waals surface area contributed by atoms with Crippen LogP contribution in [0.3, 0.4) is 0 Å². The maximum atomic E-state index is 13.0. The van der Waals surface area contributed by atoms with Crippen molar-refractivity contribution in [2.24, 2.45) is 11.7 Å². The summed E-state index contributed by atoms with van der Waals surface area (Å²) in [5, 5.41) is 3.21. The molecule has 1 saturated carbocycles. The van der Waals surface area contributed by atoms with Crippen LogP contribution in [0.2, 0.25) is 0 Å². The summed E-state index contributed by atoms with van der Waals surface area (Å²) < 4.78 is 5.22. The largest absolute Gasteiger partial charge is 0.497 e. The Labute approximate surface area is 167 Å². The number of nitrogens with one attached hydrogen (secondary N) is 1. The maximum absolute atomic E-state index is 13.0. The van der Waals surface area contributed by atoms with Gasteiger partial charge in [0.05, 0.1) is 19.1 Å². The fourth-order valence-corrected chi connectivity index (χ4v) is 4.14. The Balaban J connectivity index is 0.00000261. The van der Waals surface area contributed by atoms with E-state index in [-0.39, 0.29) is 48.3 Å². The summed E-state index contributed by atoms with van der Waals surface area (Å²) in [7, 11) is 3.41. The quantitative estimate of drug-likeness (QED) is 0.819. The zero-order valence-electron chi connectivity index (χ0n) is 16.0. The Kier molecular flexibility index (Phi) is 7.50. The van der Waals surface area contributed by atoms with Crippen LogP contribution in [-0.4, -0.2) is 43.0 Å². The molecular weight excluding hydrogens is 366 g/mol. The number of piperidine rings is 1. The van der Waals surface area contributed by atoms with Gasteiger partial charge in [-0.2, -0.15) is 0 Å². The molecule has 0 aromatic heterocycles. The Hall–Kier alpha value is -1.79. The molecule has 1 aliphatic heterocycles. The summed E-state index contributed by atoms with van der Waals surface area (Å²) in [6, 6.07) is 7.85. The molecule has 1 aromatic rings. The topological polar surface area (TPSA) is 84.7 Å². The van der Waals surface area contributed by atoms with E-state index in [2.05, 4.69) is 5.32 Å². The third kappa shape index (κ3) is 4.93. The lowest BCUT2D eigenvalue weighted by Gasteiger charge is -2.39. The van der Waals surface area contributed by atoms with Gasteiger partial charge in [-0.25, -0.2) is 0 Å². The second-order valence-corrected chi connectivity index (χ2v) is 7.49. The lowest BCUT2D eigenvalue weighted by molar-refractivity contribution is -0.142. The van der Waals surface area contributed by atoms with Crippen LogP contribution in [0.25, 0.3) is 0 Å². The van der Waals surface area contributed by atoms with Crippen LogP contribution in [0.5, 0.6) is 5.75 Å². The third-order valence-electron chi connectivity index (χ3n) is 5.77. The molecule has 7 heteroatoms. The first kappa shape index (κ1) is 21.5. The smallest absolute Gasteiger partial charge is 0.225 e. The molecule has 2 atom stereocenters. The van der Waals surface area contributed by atoms with Gasteiger partial charge in [0.2, 0.25) is 11.8 Å². The molecule has 1 aromatic carbocycles. The fourth-order valence-electron chi connectivity index (χ4n) is 4.14. The van der Waals surface area contributed by atoms with E-state index in [1.54, 1.807) is 19.1 Å². The Bertz CT molecular complexity index is 644. The van der Waals surface area contributed by atoms with Crippen LogP contribution in [0.4, 0.5) is 0 Å². The van der Waals surface area contributed by atoms with Crippen LogP contribution < -0.4 is 15.8 Å². The van der Waals surface area contributed by atoms with E-state index in [0.29, 0.717) is 12.8 Å². The van der Waals surface area contributed by atoms with Crippen molar-refractivity contribution >= 4 is 24.2 Å². The van der Waals surface area contributed by atoms with Crippen LogP contribution in [0.1, 0.15) is 50.1 Å². The lowest BCUT2D eigenvalue weighted by atomic mass is 9.83. The molecule has 6 nitrogen and oxygen atoms in total. The minimum atomic E-state index is -0.243. The molecule has 1 saturated heterocycles. The molecule has 2 unspecified atom stereocenters. The highest BCUT2D eigenvalue weighted by molar-refractivity contribution is 5.85. The molecule has 1 heterocycles. The van der Waals surface area contributed by atoms with Crippen molar-refractivity contribution in [2.45, 2.75) is 56.7 Å².